The van der Waals surface area contributed by atoms with E-state index in [4.69, 9.17) is 20.8 Å². The summed E-state index contributed by atoms with van der Waals surface area (Å²) in [6.45, 7) is 2.06. The zero-order valence-corrected chi connectivity index (χ0v) is 11.7. The predicted octanol–water partition coefficient (Wildman–Crippen LogP) is 2.98. The van der Waals surface area contributed by atoms with Gasteiger partial charge >= 0.3 is 5.76 Å². The molecule has 3 atom stereocenters. The van der Waals surface area contributed by atoms with E-state index < -0.39 is 0 Å². The summed E-state index contributed by atoms with van der Waals surface area (Å²) in [6.07, 6.45) is 2.30. The summed E-state index contributed by atoms with van der Waals surface area (Å²) in [6, 6.07) is 5.63. The number of fused-ring (bicyclic) bond motifs is 1. The van der Waals surface area contributed by atoms with Gasteiger partial charge in [0.1, 0.15) is 0 Å². The van der Waals surface area contributed by atoms with Gasteiger partial charge in [-0.2, -0.15) is 0 Å². The predicted molar refractivity (Wildman–Crippen MR) is 73.6 cm³/mol. The average Bonchev–Trinajstić information content (AvgIpc) is 2.94. The number of oxazole rings is 1. The first-order valence-electron chi connectivity index (χ1n) is 6.45. The van der Waals surface area contributed by atoms with Crippen molar-refractivity contribution in [2.45, 2.75) is 37.4 Å². The van der Waals surface area contributed by atoms with Gasteiger partial charge in [-0.1, -0.05) is 6.07 Å². The molecule has 3 unspecified atom stereocenters. The average molecular weight is 282 g/mol. The second-order valence-corrected chi connectivity index (χ2v) is 5.59. The molecule has 19 heavy (non-hydrogen) atoms. The van der Waals surface area contributed by atoms with Gasteiger partial charge in [0.25, 0.3) is 0 Å². The SMILES string of the molecule is CC1CCC(C(Cl)c2ccc3c(c2)oc(=O)n3C)O1. The van der Waals surface area contributed by atoms with Crippen molar-refractivity contribution in [3.8, 4) is 0 Å². The Bertz CT molecular complexity index is 660. The molecular weight excluding hydrogens is 266 g/mol. The molecule has 2 aromatic rings. The van der Waals surface area contributed by atoms with Crippen LogP contribution in [0.15, 0.2) is 27.4 Å². The minimum atomic E-state index is -0.357. The molecule has 1 saturated heterocycles. The monoisotopic (exact) mass is 281 g/mol. The van der Waals surface area contributed by atoms with Gasteiger partial charge in [0.05, 0.1) is 23.1 Å². The van der Waals surface area contributed by atoms with E-state index in [9.17, 15) is 4.79 Å². The molecule has 1 fully saturated rings. The molecular formula is C14H16ClNO3. The zero-order valence-electron chi connectivity index (χ0n) is 10.9. The van der Waals surface area contributed by atoms with Crippen molar-refractivity contribution < 1.29 is 9.15 Å². The number of benzene rings is 1. The Morgan fingerprint density at radius 3 is 2.89 bits per heavy atom. The first kappa shape index (κ1) is 12.8. The van der Waals surface area contributed by atoms with Gasteiger partial charge in [0.2, 0.25) is 0 Å². The Kier molecular flexibility index (Phi) is 3.15. The van der Waals surface area contributed by atoms with Crippen molar-refractivity contribution in [1.82, 2.24) is 4.57 Å². The zero-order chi connectivity index (χ0) is 13.6. The maximum atomic E-state index is 11.5. The van der Waals surface area contributed by atoms with E-state index in [2.05, 4.69) is 6.92 Å². The van der Waals surface area contributed by atoms with Crippen LogP contribution in [-0.2, 0) is 11.8 Å². The number of aromatic nitrogens is 1. The van der Waals surface area contributed by atoms with Crippen LogP contribution in [0.25, 0.3) is 11.1 Å². The standard InChI is InChI=1S/C14H16ClNO3/c1-8-3-6-11(18-8)13(15)9-4-5-10-12(7-9)19-14(17)16(10)2/h4-5,7-8,11,13H,3,6H2,1-2H3. The number of ether oxygens (including phenoxy) is 1. The van der Waals surface area contributed by atoms with Crippen molar-refractivity contribution >= 4 is 22.7 Å². The summed E-state index contributed by atoms with van der Waals surface area (Å²) in [5.74, 6) is -0.357. The molecule has 102 valence electrons. The molecule has 4 nitrogen and oxygen atoms in total. The van der Waals surface area contributed by atoms with Crippen molar-refractivity contribution in [2.75, 3.05) is 0 Å². The van der Waals surface area contributed by atoms with Crippen LogP contribution in [0.4, 0.5) is 0 Å². The molecule has 0 saturated carbocycles. The smallest absolute Gasteiger partial charge is 0.408 e. The fourth-order valence-electron chi connectivity index (χ4n) is 2.59. The maximum absolute atomic E-state index is 11.5. The number of alkyl halides is 1. The van der Waals surface area contributed by atoms with E-state index in [-0.39, 0.29) is 23.3 Å². The van der Waals surface area contributed by atoms with Crippen molar-refractivity contribution in [1.29, 1.82) is 0 Å². The highest BCUT2D eigenvalue weighted by atomic mass is 35.5. The lowest BCUT2D eigenvalue weighted by molar-refractivity contribution is 0.0533. The Balaban J connectivity index is 1.94. The highest BCUT2D eigenvalue weighted by molar-refractivity contribution is 6.21. The normalized spacial score (nSPS) is 25.0. The number of nitrogens with zero attached hydrogens (tertiary/aromatic N) is 1. The Hall–Kier alpha value is -1.26. The molecule has 0 amide bonds. The van der Waals surface area contributed by atoms with Gasteiger partial charge in [-0.15, -0.1) is 11.6 Å². The molecule has 5 heteroatoms. The second-order valence-electron chi connectivity index (χ2n) is 5.12. The number of rotatable bonds is 2. The third kappa shape index (κ3) is 2.19. The van der Waals surface area contributed by atoms with Crippen LogP contribution < -0.4 is 5.76 Å². The summed E-state index contributed by atoms with van der Waals surface area (Å²) >= 11 is 6.47. The first-order chi connectivity index (χ1) is 9.06. The van der Waals surface area contributed by atoms with E-state index in [0.29, 0.717) is 5.58 Å². The van der Waals surface area contributed by atoms with Gasteiger partial charge < -0.3 is 9.15 Å². The van der Waals surface area contributed by atoms with Crippen LogP contribution in [0.5, 0.6) is 0 Å². The third-order valence-electron chi connectivity index (χ3n) is 3.73. The summed E-state index contributed by atoms with van der Waals surface area (Å²) in [5.41, 5.74) is 2.28. The van der Waals surface area contributed by atoms with E-state index in [1.807, 2.05) is 18.2 Å². The number of hydrogen-bond donors (Lipinski definition) is 0. The van der Waals surface area contributed by atoms with Crippen LogP contribution in [-0.4, -0.2) is 16.8 Å². The summed E-state index contributed by atoms with van der Waals surface area (Å²) < 4.78 is 12.5. The number of halogens is 1. The molecule has 0 radical (unpaired) electrons. The minimum absolute atomic E-state index is 0.0320. The lowest BCUT2D eigenvalue weighted by atomic mass is 10.0. The van der Waals surface area contributed by atoms with E-state index in [0.717, 1.165) is 23.9 Å². The van der Waals surface area contributed by atoms with Crippen molar-refractivity contribution in [2.24, 2.45) is 7.05 Å². The fourth-order valence-corrected chi connectivity index (χ4v) is 2.91. The van der Waals surface area contributed by atoms with Crippen LogP contribution in [0.1, 0.15) is 30.7 Å². The van der Waals surface area contributed by atoms with Crippen LogP contribution >= 0.6 is 11.6 Å². The summed E-state index contributed by atoms with van der Waals surface area (Å²) in [4.78, 5) is 11.5. The van der Waals surface area contributed by atoms with E-state index in [1.165, 1.54) is 4.57 Å². The Morgan fingerprint density at radius 2 is 2.21 bits per heavy atom. The fraction of sp³-hybridized carbons (Fsp3) is 0.500. The molecule has 0 N–H and O–H groups in total. The highest BCUT2D eigenvalue weighted by Gasteiger charge is 2.29. The van der Waals surface area contributed by atoms with E-state index in [1.54, 1.807) is 7.05 Å². The minimum Gasteiger partial charge on any atom is -0.408 e. The summed E-state index contributed by atoms with van der Waals surface area (Å²) in [5, 5.41) is -0.208. The molecule has 1 aromatic carbocycles. The molecule has 0 spiro atoms. The largest absolute Gasteiger partial charge is 0.419 e. The molecule has 2 heterocycles. The molecule has 1 aromatic heterocycles. The lowest BCUT2D eigenvalue weighted by Crippen LogP contribution is -2.14. The highest BCUT2D eigenvalue weighted by Crippen LogP contribution is 2.35. The molecule has 0 bridgehead atoms. The third-order valence-corrected chi connectivity index (χ3v) is 4.26. The van der Waals surface area contributed by atoms with Gasteiger partial charge in [-0.25, -0.2) is 4.79 Å². The van der Waals surface area contributed by atoms with Crippen molar-refractivity contribution in [3.63, 3.8) is 0 Å². The molecule has 1 aliphatic rings. The van der Waals surface area contributed by atoms with E-state index >= 15 is 0 Å². The maximum Gasteiger partial charge on any atom is 0.419 e. The van der Waals surface area contributed by atoms with Crippen LogP contribution in [0.3, 0.4) is 0 Å². The van der Waals surface area contributed by atoms with Crippen LogP contribution in [0.2, 0.25) is 0 Å². The number of aryl methyl sites for hydroxylation is 1. The van der Waals surface area contributed by atoms with Gasteiger partial charge in [0.15, 0.2) is 5.58 Å². The Morgan fingerprint density at radius 1 is 1.42 bits per heavy atom. The quantitative estimate of drug-likeness (QED) is 0.795. The summed E-state index contributed by atoms with van der Waals surface area (Å²) in [7, 11) is 1.69. The molecule has 0 aliphatic carbocycles. The molecule has 3 rings (SSSR count). The van der Waals surface area contributed by atoms with Gasteiger partial charge in [-0.3, -0.25) is 4.57 Å². The topological polar surface area (TPSA) is 44.4 Å². The van der Waals surface area contributed by atoms with Crippen molar-refractivity contribution in [3.05, 3.63) is 34.3 Å². The molecule has 1 aliphatic heterocycles. The lowest BCUT2D eigenvalue weighted by Gasteiger charge is -2.17. The first-order valence-corrected chi connectivity index (χ1v) is 6.89. The number of hydrogen-bond acceptors (Lipinski definition) is 3. The van der Waals surface area contributed by atoms with Gasteiger partial charge in [0, 0.05) is 7.05 Å². The van der Waals surface area contributed by atoms with Crippen LogP contribution in [0, 0.1) is 0 Å². The Labute approximate surface area is 115 Å². The van der Waals surface area contributed by atoms with Gasteiger partial charge in [-0.05, 0) is 37.5 Å². The second kappa shape index (κ2) is 4.69.